The van der Waals surface area contributed by atoms with Crippen LogP contribution in [-0.2, 0) is 4.74 Å². The van der Waals surface area contributed by atoms with Gasteiger partial charge in [0.05, 0.1) is 5.03 Å². The molecule has 0 spiro atoms. The van der Waals surface area contributed by atoms with Gasteiger partial charge in [-0.1, -0.05) is 6.07 Å². The van der Waals surface area contributed by atoms with E-state index in [0.29, 0.717) is 0 Å². The Bertz CT molecular complexity index is 496. The highest BCUT2D eigenvalue weighted by Crippen LogP contribution is 2.26. The standard InChI is InChI=1S/C17H26N2O2S/c1-13-8-9-15(18-11-13)22-12-14-7-5-6-10-19(14)16(20)21-17(2,3)4/h8-9,11,14H,5-7,10,12H2,1-4H3/t14-/m0/s1. The third-order valence-corrected chi connectivity index (χ3v) is 4.65. The number of carbonyl (C=O) groups excluding carboxylic acids is 1. The largest absolute Gasteiger partial charge is 0.444 e. The van der Waals surface area contributed by atoms with Crippen LogP contribution in [0.2, 0.25) is 0 Å². The molecule has 4 nitrogen and oxygen atoms in total. The van der Waals surface area contributed by atoms with Crippen molar-refractivity contribution in [3.63, 3.8) is 0 Å². The Morgan fingerprint density at radius 1 is 1.41 bits per heavy atom. The molecule has 0 unspecified atom stereocenters. The molecule has 1 saturated heterocycles. The zero-order chi connectivity index (χ0) is 16.2. The van der Waals surface area contributed by atoms with Crippen molar-refractivity contribution in [1.82, 2.24) is 9.88 Å². The summed E-state index contributed by atoms with van der Waals surface area (Å²) in [5.41, 5.74) is 0.725. The molecule has 1 aromatic heterocycles. The molecule has 22 heavy (non-hydrogen) atoms. The molecule has 1 amide bonds. The lowest BCUT2D eigenvalue weighted by Crippen LogP contribution is -2.47. The number of ether oxygens (including phenoxy) is 1. The van der Waals surface area contributed by atoms with Gasteiger partial charge in [0.2, 0.25) is 0 Å². The van der Waals surface area contributed by atoms with Crippen LogP contribution >= 0.6 is 11.8 Å². The third kappa shape index (κ3) is 5.20. The third-order valence-electron chi connectivity index (χ3n) is 3.56. The fraction of sp³-hybridized carbons (Fsp3) is 0.647. The number of carbonyl (C=O) groups is 1. The molecule has 1 aliphatic heterocycles. The molecular formula is C17H26N2O2S. The number of nitrogens with zero attached hydrogens (tertiary/aromatic N) is 2. The van der Waals surface area contributed by atoms with Gasteiger partial charge in [-0.25, -0.2) is 9.78 Å². The number of hydrogen-bond acceptors (Lipinski definition) is 4. The molecule has 0 radical (unpaired) electrons. The molecule has 1 aromatic rings. The Kier molecular flexibility index (Phi) is 5.73. The van der Waals surface area contributed by atoms with Crippen molar-refractivity contribution in [3.05, 3.63) is 23.9 Å². The van der Waals surface area contributed by atoms with Crippen molar-refractivity contribution < 1.29 is 9.53 Å². The lowest BCUT2D eigenvalue weighted by atomic mass is 10.0. The summed E-state index contributed by atoms with van der Waals surface area (Å²) in [6.45, 7) is 8.56. The number of pyridine rings is 1. The predicted molar refractivity (Wildman–Crippen MR) is 90.3 cm³/mol. The highest BCUT2D eigenvalue weighted by Gasteiger charge is 2.30. The number of likely N-dealkylation sites (tertiary alicyclic amines) is 1. The lowest BCUT2D eigenvalue weighted by molar-refractivity contribution is 0.0126. The van der Waals surface area contributed by atoms with Crippen molar-refractivity contribution in [3.8, 4) is 0 Å². The van der Waals surface area contributed by atoms with Crippen LogP contribution in [0, 0.1) is 6.92 Å². The highest BCUT2D eigenvalue weighted by molar-refractivity contribution is 7.99. The van der Waals surface area contributed by atoms with E-state index >= 15 is 0 Å². The lowest BCUT2D eigenvalue weighted by Gasteiger charge is -2.36. The predicted octanol–water partition coefficient (Wildman–Crippen LogP) is 4.27. The molecule has 122 valence electrons. The molecule has 0 bridgehead atoms. The molecule has 1 aliphatic rings. The number of amides is 1. The van der Waals surface area contributed by atoms with Gasteiger partial charge in [0, 0.05) is 24.5 Å². The molecule has 0 N–H and O–H groups in total. The van der Waals surface area contributed by atoms with E-state index < -0.39 is 5.60 Å². The summed E-state index contributed by atoms with van der Waals surface area (Å²) in [4.78, 5) is 18.7. The van der Waals surface area contributed by atoms with Gasteiger partial charge in [0.15, 0.2) is 0 Å². The second kappa shape index (κ2) is 7.36. The Morgan fingerprint density at radius 2 is 2.18 bits per heavy atom. The second-order valence-corrected chi connectivity index (χ2v) is 7.85. The molecule has 1 fully saturated rings. The smallest absolute Gasteiger partial charge is 0.410 e. The maximum absolute atomic E-state index is 12.4. The van der Waals surface area contributed by atoms with Crippen molar-refractivity contribution >= 4 is 17.9 Å². The van der Waals surface area contributed by atoms with E-state index in [2.05, 4.69) is 11.1 Å². The minimum absolute atomic E-state index is 0.185. The zero-order valence-electron chi connectivity index (χ0n) is 14.0. The van der Waals surface area contributed by atoms with E-state index in [1.807, 2.05) is 44.9 Å². The van der Waals surface area contributed by atoms with Gasteiger partial charge in [-0.15, -0.1) is 11.8 Å². The molecule has 2 heterocycles. The minimum Gasteiger partial charge on any atom is -0.444 e. The molecule has 0 aliphatic carbocycles. The first-order chi connectivity index (χ1) is 10.3. The topological polar surface area (TPSA) is 42.4 Å². The molecule has 0 saturated carbocycles. The van der Waals surface area contributed by atoms with Crippen LogP contribution in [0.15, 0.2) is 23.4 Å². The average Bonchev–Trinajstić information content (AvgIpc) is 2.45. The SMILES string of the molecule is Cc1ccc(SC[C@@H]2CCCCN2C(=O)OC(C)(C)C)nc1. The van der Waals surface area contributed by atoms with Gasteiger partial charge in [-0.2, -0.15) is 0 Å². The number of aryl methyl sites for hydroxylation is 1. The summed E-state index contributed by atoms with van der Waals surface area (Å²) in [6.07, 6.45) is 4.97. The van der Waals surface area contributed by atoms with Crippen LogP contribution in [-0.4, -0.2) is 39.9 Å². The summed E-state index contributed by atoms with van der Waals surface area (Å²) < 4.78 is 5.54. The van der Waals surface area contributed by atoms with Crippen molar-refractivity contribution in [2.24, 2.45) is 0 Å². The first-order valence-corrected chi connectivity index (χ1v) is 8.89. The monoisotopic (exact) mass is 322 g/mol. The van der Waals surface area contributed by atoms with Gasteiger partial charge < -0.3 is 9.64 Å². The second-order valence-electron chi connectivity index (χ2n) is 6.81. The van der Waals surface area contributed by atoms with E-state index in [0.717, 1.165) is 35.7 Å². The number of thioether (sulfide) groups is 1. The van der Waals surface area contributed by atoms with Crippen molar-refractivity contribution in [2.45, 2.75) is 63.6 Å². The quantitative estimate of drug-likeness (QED) is 0.779. The Labute approximate surface area is 137 Å². The fourth-order valence-electron chi connectivity index (χ4n) is 2.46. The number of aromatic nitrogens is 1. The van der Waals surface area contributed by atoms with E-state index in [-0.39, 0.29) is 12.1 Å². The van der Waals surface area contributed by atoms with Crippen LogP contribution in [0.3, 0.4) is 0 Å². The average molecular weight is 322 g/mol. The molecule has 2 rings (SSSR count). The van der Waals surface area contributed by atoms with Gasteiger partial charge in [-0.3, -0.25) is 0 Å². The first kappa shape index (κ1) is 17.1. The maximum Gasteiger partial charge on any atom is 0.410 e. The van der Waals surface area contributed by atoms with Crippen LogP contribution in [0.5, 0.6) is 0 Å². The Morgan fingerprint density at radius 3 is 2.82 bits per heavy atom. The summed E-state index contributed by atoms with van der Waals surface area (Å²) in [7, 11) is 0. The van der Waals surface area contributed by atoms with Gasteiger partial charge in [0.1, 0.15) is 5.60 Å². The zero-order valence-corrected chi connectivity index (χ0v) is 14.8. The molecule has 0 aromatic carbocycles. The minimum atomic E-state index is -0.440. The summed E-state index contributed by atoms with van der Waals surface area (Å²) in [6, 6.07) is 4.35. The van der Waals surface area contributed by atoms with Crippen LogP contribution in [0.1, 0.15) is 45.6 Å². The van der Waals surface area contributed by atoms with Crippen LogP contribution in [0.4, 0.5) is 4.79 Å². The normalized spacial score (nSPS) is 19.1. The van der Waals surface area contributed by atoms with E-state index in [4.69, 9.17) is 4.74 Å². The Hall–Kier alpha value is -1.23. The van der Waals surface area contributed by atoms with Gasteiger partial charge in [0.25, 0.3) is 0 Å². The van der Waals surface area contributed by atoms with E-state index in [1.165, 1.54) is 6.42 Å². The van der Waals surface area contributed by atoms with Crippen LogP contribution in [0.25, 0.3) is 0 Å². The highest BCUT2D eigenvalue weighted by atomic mass is 32.2. The van der Waals surface area contributed by atoms with E-state index in [1.54, 1.807) is 11.8 Å². The summed E-state index contributed by atoms with van der Waals surface area (Å²) in [5.74, 6) is 0.870. The summed E-state index contributed by atoms with van der Waals surface area (Å²) in [5, 5.41) is 1.01. The first-order valence-electron chi connectivity index (χ1n) is 7.90. The van der Waals surface area contributed by atoms with Crippen LogP contribution < -0.4 is 0 Å². The maximum atomic E-state index is 12.4. The Balaban J connectivity index is 1.94. The molecular weight excluding hydrogens is 296 g/mol. The van der Waals surface area contributed by atoms with Gasteiger partial charge >= 0.3 is 6.09 Å². The molecule has 1 atom stereocenters. The molecule has 5 heteroatoms. The van der Waals surface area contributed by atoms with Crippen molar-refractivity contribution in [1.29, 1.82) is 0 Å². The number of rotatable bonds is 3. The number of piperidine rings is 1. The fourth-order valence-corrected chi connectivity index (χ4v) is 3.46. The van der Waals surface area contributed by atoms with Crippen molar-refractivity contribution in [2.75, 3.05) is 12.3 Å². The van der Waals surface area contributed by atoms with E-state index in [9.17, 15) is 4.79 Å². The van der Waals surface area contributed by atoms with Gasteiger partial charge in [-0.05, 0) is 58.6 Å². The number of hydrogen-bond donors (Lipinski definition) is 0. The summed E-state index contributed by atoms with van der Waals surface area (Å²) >= 11 is 1.71.